The van der Waals surface area contributed by atoms with Crippen LogP contribution in [0.4, 0.5) is 0 Å². The van der Waals surface area contributed by atoms with E-state index < -0.39 is 5.25 Å². The van der Waals surface area contributed by atoms with Gasteiger partial charge in [-0.05, 0) is 23.1 Å². The van der Waals surface area contributed by atoms with Crippen LogP contribution in [0.5, 0.6) is 0 Å². The van der Waals surface area contributed by atoms with Crippen molar-refractivity contribution in [2.45, 2.75) is 5.25 Å². The predicted molar refractivity (Wildman–Crippen MR) is 67.5 cm³/mol. The van der Waals surface area contributed by atoms with E-state index >= 15 is 0 Å². The Labute approximate surface area is 106 Å². The molecule has 0 radical (unpaired) electrons. The lowest BCUT2D eigenvalue weighted by Crippen LogP contribution is -2.05. The highest BCUT2D eigenvalue weighted by molar-refractivity contribution is 8.15. The van der Waals surface area contributed by atoms with Crippen LogP contribution >= 0.6 is 23.1 Å². The monoisotopic (exact) mass is 261 g/mol. The number of nitrogens with zero attached hydrogens (tertiary/aromatic N) is 1. The number of pyridine rings is 1. The van der Waals surface area contributed by atoms with Gasteiger partial charge in [0.15, 0.2) is 5.78 Å². The molecule has 0 amide bonds. The van der Waals surface area contributed by atoms with Gasteiger partial charge >= 0.3 is 0 Å². The maximum absolute atomic E-state index is 12.2. The molecule has 3 heterocycles. The molecule has 3 nitrogen and oxygen atoms in total. The lowest BCUT2D eigenvalue weighted by atomic mass is 10.0. The molecule has 0 saturated heterocycles. The molecule has 1 aliphatic rings. The number of fused-ring (bicyclic) bond motifs is 1. The van der Waals surface area contributed by atoms with Crippen LogP contribution in [-0.2, 0) is 0 Å². The Morgan fingerprint density at radius 2 is 2.24 bits per heavy atom. The summed E-state index contributed by atoms with van der Waals surface area (Å²) in [6.07, 6.45) is 3.15. The van der Waals surface area contributed by atoms with Crippen molar-refractivity contribution in [2.24, 2.45) is 0 Å². The minimum Gasteiger partial charge on any atom is -0.292 e. The third-order valence-corrected chi connectivity index (χ3v) is 4.61. The van der Waals surface area contributed by atoms with E-state index in [0.29, 0.717) is 10.4 Å². The zero-order valence-corrected chi connectivity index (χ0v) is 10.3. The first-order valence-electron chi connectivity index (χ1n) is 5.00. The minimum absolute atomic E-state index is 0.00306. The van der Waals surface area contributed by atoms with Gasteiger partial charge in [-0.25, -0.2) is 0 Å². The van der Waals surface area contributed by atoms with E-state index in [9.17, 15) is 9.59 Å². The summed E-state index contributed by atoms with van der Waals surface area (Å²) in [4.78, 5) is 28.6. The Morgan fingerprint density at radius 3 is 3.00 bits per heavy atom. The molecule has 3 rings (SSSR count). The fraction of sp³-hybridized carbons (Fsp3) is 0.0833. The maximum Gasteiger partial charge on any atom is 0.222 e. The molecule has 0 fully saturated rings. The van der Waals surface area contributed by atoms with E-state index in [-0.39, 0.29) is 10.9 Å². The molecule has 0 aliphatic carbocycles. The standard InChI is InChI=1S/C12H7NO2S2/c14-10(9-2-1-5-16-9)11-7-3-4-13-6-8(7)12(15)17-11/h1-6,11H. The van der Waals surface area contributed by atoms with Gasteiger partial charge in [0, 0.05) is 12.4 Å². The third-order valence-electron chi connectivity index (χ3n) is 2.58. The van der Waals surface area contributed by atoms with Crippen molar-refractivity contribution in [1.82, 2.24) is 4.98 Å². The first-order chi connectivity index (χ1) is 8.27. The zero-order valence-electron chi connectivity index (χ0n) is 8.62. The average molecular weight is 261 g/mol. The van der Waals surface area contributed by atoms with Crippen molar-refractivity contribution in [3.63, 3.8) is 0 Å². The first-order valence-corrected chi connectivity index (χ1v) is 6.76. The van der Waals surface area contributed by atoms with Gasteiger partial charge in [0.1, 0.15) is 5.25 Å². The molecule has 0 N–H and O–H groups in total. The van der Waals surface area contributed by atoms with Crippen molar-refractivity contribution in [2.75, 3.05) is 0 Å². The molecule has 0 bridgehead atoms. The van der Waals surface area contributed by atoms with Gasteiger partial charge in [0.2, 0.25) is 5.12 Å². The molecular formula is C12H7NO2S2. The Kier molecular flexibility index (Phi) is 2.57. The summed E-state index contributed by atoms with van der Waals surface area (Å²) in [6, 6.07) is 5.38. The molecule has 2 aromatic heterocycles. The van der Waals surface area contributed by atoms with Gasteiger partial charge in [0.25, 0.3) is 0 Å². The molecule has 1 aliphatic heterocycles. The molecule has 0 saturated carbocycles. The molecule has 1 unspecified atom stereocenters. The second-order valence-corrected chi connectivity index (χ2v) is 5.62. The van der Waals surface area contributed by atoms with E-state index in [1.54, 1.807) is 18.3 Å². The zero-order chi connectivity index (χ0) is 11.8. The Bertz CT molecular complexity index is 592. The van der Waals surface area contributed by atoms with Gasteiger partial charge in [0.05, 0.1) is 10.4 Å². The summed E-state index contributed by atoms with van der Waals surface area (Å²) in [5, 5.41) is 1.39. The average Bonchev–Trinajstić information content (AvgIpc) is 2.97. The van der Waals surface area contributed by atoms with Crippen molar-refractivity contribution >= 4 is 34.0 Å². The maximum atomic E-state index is 12.2. The quantitative estimate of drug-likeness (QED) is 0.780. The Balaban J connectivity index is 2.02. The molecule has 0 aromatic carbocycles. The smallest absolute Gasteiger partial charge is 0.222 e. The van der Waals surface area contributed by atoms with Gasteiger partial charge in [-0.15, -0.1) is 11.3 Å². The lowest BCUT2D eigenvalue weighted by molar-refractivity contribution is 0.0992. The van der Waals surface area contributed by atoms with Crippen molar-refractivity contribution in [1.29, 1.82) is 0 Å². The first kappa shape index (κ1) is 10.7. The van der Waals surface area contributed by atoms with Crippen molar-refractivity contribution in [3.8, 4) is 0 Å². The summed E-state index contributed by atoms with van der Waals surface area (Å²) in [7, 11) is 0. The Hall–Kier alpha value is -1.46. The van der Waals surface area contributed by atoms with Crippen molar-refractivity contribution < 1.29 is 9.59 Å². The van der Waals surface area contributed by atoms with Crippen LogP contribution < -0.4 is 0 Å². The van der Waals surface area contributed by atoms with E-state index in [2.05, 4.69) is 4.98 Å². The predicted octanol–water partition coefficient (Wildman–Crippen LogP) is 2.95. The Morgan fingerprint density at radius 1 is 1.35 bits per heavy atom. The highest BCUT2D eigenvalue weighted by Gasteiger charge is 2.35. The van der Waals surface area contributed by atoms with Crippen LogP contribution in [0.15, 0.2) is 36.0 Å². The summed E-state index contributed by atoms with van der Waals surface area (Å²) in [6.45, 7) is 0. The highest BCUT2D eigenvalue weighted by atomic mass is 32.2. The van der Waals surface area contributed by atoms with Crippen LogP contribution in [0.2, 0.25) is 0 Å². The molecule has 17 heavy (non-hydrogen) atoms. The van der Waals surface area contributed by atoms with Gasteiger partial charge < -0.3 is 0 Å². The highest BCUT2D eigenvalue weighted by Crippen LogP contribution is 2.43. The van der Waals surface area contributed by atoms with E-state index in [1.807, 2.05) is 11.4 Å². The second-order valence-electron chi connectivity index (χ2n) is 3.59. The number of rotatable bonds is 2. The number of thioether (sulfide) groups is 1. The molecule has 1 atom stereocenters. The second kappa shape index (κ2) is 4.09. The SMILES string of the molecule is O=C1SC(C(=O)c2cccs2)c2ccncc21. The van der Waals surface area contributed by atoms with Gasteiger partial charge in [-0.1, -0.05) is 17.8 Å². The van der Waals surface area contributed by atoms with Crippen LogP contribution in [0.1, 0.15) is 30.8 Å². The summed E-state index contributed by atoms with van der Waals surface area (Å²) in [5.74, 6) is 0.00306. The van der Waals surface area contributed by atoms with E-state index in [4.69, 9.17) is 0 Å². The number of thiophene rings is 1. The number of carbonyl (C=O) groups is 2. The summed E-state index contributed by atoms with van der Waals surface area (Å²) >= 11 is 2.48. The van der Waals surface area contributed by atoms with Gasteiger partial charge in [-0.2, -0.15) is 0 Å². The fourth-order valence-electron chi connectivity index (χ4n) is 1.78. The number of hydrogen-bond donors (Lipinski definition) is 0. The normalized spacial score (nSPS) is 18.1. The van der Waals surface area contributed by atoms with Crippen LogP contribution in [0.25, 0.3) is 0 Å². The molecular weight excluding hydrogens is 254 g/mol. The van der Waals surface area contributed by atoms with Crippen LogP contribution in [0, 0.1) is 0 Å². The number of aromatic nitrogens is 1. The number of ketones is 1. The topological polar surface area (TPSA) is 47.0 Å². The number of hydrogen-bond acceptors (Lipinski definition) is 5. The molecule has 84 valence electrons. The molecule has 2 aromatic rings. The van der Waals surface area contributed by atoms with Crippen molar-refractivity contribution in [3.05, 3.63) is 52.0 Å². The minimum atomic E-state index is -0.404. The lowest BCUT2D eigenvalue weighted by Gasteiger charge is -2.06. The largest absolute Gasteiger partial charge is 0.292 e. The fourth-order valence-corrected chi connectivity index (χ4v) is 3.63. The van der Waals surface area contributed by atoms with Crippen LogP contribution in [-0.4, -0.2) is 15.9 Å². The molecule has 5 heteroatoms. The van der Waals surface area contributed by atoms with Crippen LogP contribution in [0.3, 0.4) is 0 Å². The summed E-state index contributed by atoms with van der Waals surface area (Å²) < 4.78 is 0. The molecule has 0 spiro atoms. The van der Waals surface area contributed by atoms with E-state index in [0.717, 1.165) is 17.3 Å². The number of carbonyl (C=O) groups excluding carboxylic acids is 2. The summed E-state index contributed by atoms with van der Waals surface area (Å²) in [5.41, 5.74) is 1.35. The van der Waals surface area contributed by atoms with Gasteiger partial charge in [-0.3, -0.25) is 14.6 Å². The van der Waals surface area contributed by atoms with E-state index in [1.165, 1.54) is 17.5 Å². The third kappa shape index (κ3) is 1.71. The number of Topliss-reactive ketones (excluding diaryl/α,β-unsaturated/α-hetero) is 1.